The highest BCUT2D eigenvalue weighted by Crippen LogP contribution is 2.32. The van der Waals surface area contributed by atoms with Crippen LogP contribution in [0.1, 0.15) is 11.8 Å². The molecule has 1 amide bonds. The molecule has 23 heavy (non-hydrogen) atoms. The molecule has 8 heteroatoms. The molecule has 0 saturated carbocycles. The van der Waals surface area contributed by atoms with Crippen molar-refractivity contribution in [3.8, 4) is 5.75 Å². The quantitative estimate of drug-likeness (QED) is 0.916. The molecule has 2 heterocycles. The minimum Gasteiger partial charge on any atom is -0.479 e. The second kappa shape index (κ2) is 5.95. The normalized spacial score (nSPS) is 17.5. The molecule has 2 aromatic rings. The molecule has 1 aliphatic rings. The van der Waals surface area contributed by atoms with Crippen LogP contribution in [0, 0.1) is 0 Å². The van der Waals surface area contributed by atoms with Gasteiger partial charge in [-0.15, -0.1) is 11.3 Å². The van der Waals surface area contributed by atoms with Gasteiger partial charge in [0, 0.05) is 18.5 Å². The third kappa shape index (κ3) is 3.10. The summed E-state index contributed by atoms with van der Waals surface area (Å²) in [5.74, 6) is 0.177. The van der Waals surface area contributed by atoms with E-state index in [9.17, 15) is 13.2 Å². The minimum atomic E-state index is -3.65. The number of sulfonamides is 1. The van der Waals surface area contributed by atoms with Crippen LogP contribution in [0.25, 0.3) is 0 Å². The average Bonchev–Trinajstić information content (AvgIpc) is 3.00. The van der Waals surface area contributed by atoms with Crippen LogP contribution in [0.15, 0.2) is 40.6 Å². The van der Waals surface area contributed by atoms with Crippen LogP contribution in [0.4, 0.5) is 5.69 Å². The van der Waals surface area contributed by atoms with E-state index in [0.717, 1.165) is 4.88 Å². The van der Waals surface area contributed by atoms with Gasteiger partial charge in [0.1, 0.15) is 5.75 Å². The van der Waals surface area contributed by atoms with Crippen molar-refractivity contribution >= 4 is 33.0 Å². The van der Waals surface area contributed by atoms with Crippen LogP contribution in [0.3, 0.4) is 0 Å². The second-order valence-corrected chi connectivity index (χ2v) is 8.32. The molecule has 3 rings (SSSR count). The summed E-state index contributed by atoms with van der Waals surface area (Å²) in [5.41, 5.74) is 0.374. The molecule has 0 bridgehead atoms. The molecule has 0 fully saturated rings. The van der Waals surface area contributed by atoms with E-state index in [1.54, 1.807) is 13.0 Å². The number of amides is 1. The predicted molar refractivity (Wildman–Crippen MR) is 88.1 cm³/mol. The Hall–Kier alpha value is -1.90. The van der Waals surface area contributed by atoms with Gasteiger partial charge in [-0.3, -0.25) is 4.79 Å². The van der Waals surface area contributed by atoms with Crippen LogP contribution in [0.5, 0.6) is 5.75 Å². The van der Waals surface area contributed by atoms with Gasteiger partial charge in [-0.05, 0) is 36.6 Å². The molecular weight excluding hydrogens is 336 g/mol. The number of fused-ring (bicyclic) bond motifs is 1. The largest absolute Gasteiger partial charge is 0.479 e. The van der Waals surface area contributed by atoms with Gasteiger partial charge in [0.2, 0.25) is 10.0 Å². The van der Waals surface area contributed by atoms with Crippen molar-refractivity contribution in [3.63, 3.8) is 0 Å². The number of ether oxygens (including phenoxy) is 1. The zero-order valence-electron chi connectivity index (χ0n) is 12.6. The summed E-state index contributed by atoms with van der Waals surface area (Å²) in [6.07, 6.45) is -0.591. The third-order valence-corrected chi connectivity index (χ3v) is 6.21. The SMILES string of the molecule is C[C@@H]1Oc2ccc(S(=O)(=O)N(C)Cc3cccs3)cc2NC1=O. The van der Waals surface area contributed by atoms with Crippen molar-refractivity contribution in [2.45, 2.75) is 24.5 Å². The summed E-state index contributed by atoms with van der Waals surface area (Å²) in [5, 5.41) is 4.57. The number of carbonyl (C=O) groups is 1. The number of nitrogens with zero attached hydrogens (tertiary/aromatic N) is 1. The maximum atomic E-state index is 12.7. The Morgan fingerprint density at radius 1 is 1.35 bits per heavy atom. The van der Waals surface area contributed by atoms with E-state index in [4.69, 9.17) is 4.74 Å². The number of carbonyl (C=O) groups excluding carboxylic acids is 1. The van der Waals surface area contributed by atoms with Gasteiger partial charge < -0.3 is 10.1 Å². The Labute approximate surface area is 138 Å². The maximum Gasteiger partial charge on any atom is 0.265 e. The fraction of sp³-hybridized carbons (Fsp3) is 0.267. The molecule has 1 aromatic heterocycles. The van der Waals surface area contributed by atoms with E-state index in [0.29, 0.717) is 18.0 Å². The van der Waals surface area contributed by atoms with E-state index in [1.165, 1.54) is 34.8 Å². The van der Waals surface area contributed by atoms with Crippen molar-refractivity contribution in [1.82, 2.24) is 4.31 Å². The first-order valence-corrected chi connectivity index (χ1v) is 9.30. The van der Waals surface area contributed by atoms with Gasteiger partial charge >= 0.3 is 0 Å². The summed E-state index contributed by atoms with van der Waals surface area (Å²) >= 11 is 1.50. The zero-order chi connectivity index (χ0) is 16.6. The Morgan fingerprint density at radius 3 is 2.83 bits per heavy atom. The number of anilines is 1. The van der Waals surface area contributed by atoms with Crippen molar-refractivity contribution in [1.29, 1.82) is 0 Å². The van der Waals surface area contributed by atoms with Crippen molar-refractivity contribution in [2.75, 3.05) is 12.4 Å². The topological polar surface area (TPSA) is 75.7 Å². The van der Waals surface area contributed by atoms with E-state index in [-0.39, 0.29) is 10.8 Å². The molecule has 0 spiro atoms. The summed E-state index contributed by atoms with van der Waals surface area (Å²) < 4.78 is 32.1. The summed E-state index contributed by atoms with van der Waals surface area (Å²) in [6.45, 7) is 1.94. The van der Waals surface area contributed by atoms with Crippen LogP contribution in [-0.2, 0) is 21.4 Å². The molecular formula is C15H16N2O4S2. The summed E-state index contributed by atoms with van der Waals surface area (Å²) in [7, 11) is -2.11. The highest BCUT2D eigenvalue weighted by Gasteiger charge is 2.27. The molecule has 0 radical (unpaired) electrons. The molecule has 0 aliphatic carbocycles. The van der Waals surface area contributed by atoms with Gasteiger partial charge in [0.25, 0.3) is 5.91 Å². The first kappa shape index (κ1) is 16.0. The van der Waals surface area contributed by atoms with Crippen LogP contribution in [0.2, 0.25) is 0 Å². The van der Waals surface area contributed by atoms with Crippen LogP contribution >= 0.6 is 11.3 Å². The standard InChI is InChI=1S/C15H16N2O4S2/c1-10-15(18)16-13-8-12(5-6-14(13)21-10)23(19,20)17(2)9-11-4-3-7-22-11/h3-8,10H,9H2,1-2H3,(H,16,18)/t10-/m0/s1. The smallest absolute Gasteiger partial charge is 0.265 e. The van der Waals surface area contributed by atoms with Crippen molar-refractivity contribution < 1.29 is 17.9 Å². The van der Waals surface area contributed by atoms with Gasteiger partial charge in [0.15, 0.2) is 6.10 Å². The van der Waals surface area contributed by atoms with E-state index < -0.39 is 16.1 Å². The highest BCUT2D eigenvalue weighted by molar-refractivity contribution is 7.89. The lowest BCUT2D eigenvalue weighted by molar-refractivity contribution is -0.122. The third-order valence-electron chi connectivity index (χ3n) is 3.55. The number of hydrogen-bond acceptors (Lipinski definition) is 5. The lowest BCUT2D eigenvalue weighted by Gasteiger charge is -2.24. The molecule has 6 nitrogen and oxygen atoms in total. The monoisotopic (exact) mass is 352 g/mol. The van der Waals surface area contributed by atoms with Crippen LogP contribution < -0.4 is 10.1 Å². The number of nitrogens with one attached hydrogen (secondary N) is 1. The fourth-order valence-electron chi connectivity index (χ4n) is 2.24. The maximum absolute atomic E-state index is 12.7. The summed E-state index contributed by atoms with van der Waals surface area (Å²) in [4.78, 5) is 12.7. The number of thiophene rings is 1. The lowest BCUT2D eigenvalue weighted by Crippen LogP contribution is -2.34. The Morgan fingerprint density at radius 2 is 2.13 bits per heavy atom. The number of benzene rings is 1. The first-order valence-electron chi connectivity index (χ1n) is 6.98. The molecule has 0 unspecified atom stereocenters. The van der Waals surface area contributed by atoms with Gasteiger partial charge in [0.05, 0.1) is 10.6 Å². The average molecular weight is 352 g/mol. The second-order valence-electron chi connectivity index (χ2n) is 5.25. The Bertz CT molecular complexity index is 831. The number of rotatable bonds is 4. The predicted octanol–water partition coefficient (Wildman–Crippen LogP) is 2.29. The van der Waals surface area contributed by atoms with E-state index >= 15 is 0 Å². The van der Waals surface area contributed by atoms with Crippen LogP contribution in [-0.4, -0.2) is 31.8 Å². The zero-order valence-corrected chi connectivity index (χ0v) is 14.3. The minimum absolute atomic E-state index is 0.119. The van der Waals surface area contributed by atoms with Gasteiger partial charge in [-0.2, -0.15) is 4.31 Å². The van der Waals surface area contributed by atoms with E-state index in [1.807, 2.05) is 17.5 Å². The Kier molecular flexibility index (Phi) is 4.13. The molecule has 1 aliphatic heterocycles. The molecule has 1 aromatic carbocycles. The summed E-state index contributed by atoms with van der Waals surface area (Å²) in [6, 6.07) is 8.26. The van der Waals surface area contributed by atoms with Crippen molar-refractivity contribution in [2.24, 2.45) is 0 Å². The highest BCUT2D eigenvalue weighted by atomic mass is 32.2. The molecule has 1 N–H and O–H groups in total. The van der Waals surface area contributed by atoms with E-state index in [2.05, 4.69) is 5.32 Å². The molecule has 0 saturated heterocycles. The number of hydrogen-bond donors (Lipinski definition) is 1. The Balaban J connectivity index is 1.88. The fourth-order valence-corrected chi connectivity index (χ4v) is 4.25. The van der Waals surface area contributed by atoms with Gasteiger partial charge in [-0.25, -0.2) is 8.42 Å². The lowest BCUT2D eigenvalue weighted by atomic mass is 10.2. The van der Waals surface area contributed by atoms with Crippen molar-refractivity contribution in [3.05, 3.63) is 40.6 Å². The first-order chi connectivity index (χ1) is 10.9. The molecule has 1 atom stereocenters. The van der Waals surface area contributed by atoms with Gasteiger partial charge in [-0.1, -0.05) is 6.07 Å². The molecule has 122 valence electrons.